The largest absolute Gasteiger partial charge is 0.299 e. The van der Waals surface area contributed by atoms with Gasteiger partial charge in [-0.1, -0.05) is 6.42 Å². The van der Waals surface area contributed by atoms with Crippen LogP contribution in [0.25, 0.3) is 0 Å². The van der Waals surface area contributed by atoms with E-state index in [-0.39, 0.29) is 5.54 Å². The van der Waals surface area contributed by atoms with E-state index >= 15 is 0 Å². The molecule has 2 atom stereocenters. The topological polar surface area (TPSA) is 40.6 Å². The lowest BCUT2D eigenvalue weighted by molar-refractivity contribution is 0.0872. The van der Waals surface area contributed by atoms with Crippen molar-refractivity contribution in [3.63, 3.8) is 0 Å². The zero-order valence-electron chi connectivity index (χ0n) is 12.0. The number of hydrogen-bond donors (Lipinski definition) is 0. The molecule has 2 unspecified atom stereocenters. The van der Waals surface area contributed by atoms with Gasteiger partial charge in [0.25, 0.3) is 0 Å². The van der Waals surface area contributed by atoms with Gasteiger partial charge in [-0.2, -0.15) is 0 Å². The van der Waals surface area contributed by atoms with Gasteiger partial charge in [0.2, 0.25) is 0 Å². The maximum absolute atomic E-state index is 11.8. The first-order valence-corrected chi connectivity index (χ1v) is 9.50. The lowest BCUT2D eigenvalue weighted by Gasteiger charge is -2.41. The lowest BCUT2D eigenvalue weighted by atomic mass is 9.96. The molecular weight excluding hydrogens is 260 g/mol. The molecule has 3 aliphatic heterocycles. The van der Waals surface area contributed by atoms with Gasteiger partial charge >= 0.3 is 0 Å². The number of hydrogen-bond acceptors (Lipinski definition) is 4. The van der Waals surface area contributed by atoms with Gasteiger partial charge in [0.1, 0.15) is 0 Å². The van der Waals surface area contributed by atoms with Crippen LogP contribution in [0.1, 0.15) is 39.0 Å². The summed E-state index contributed by atoms with van der Waals surface area (Å²) in [7, 11) is -2.80. The number of rotatable bonds is 1. The van der Waals surface area contributed by atoms with Crippen LogP contribution >= 0.6 is 0 Å². The first-order chi connectivity index (χ1) is 8.99. The molecule has 0 N–H and O–H groups in total. The first kappa shape index (κ1) is 13.8. The summed E-state index contributed by atoms with van der Waals surface area (Å²) >= 11 is 0. The molecule has 4 nitrogen and oxygen atoms in total. The minimum atomic E-state index is -2.80. The van der Waals surface area contributed by atoms with Gasteiger partial charge in [-0.25, -0.2) is 8.42 Å². The van der Waals surface area contributed by atoms with Crippen LogP contribution in [0.2, 0.25) is 0 Å². The fourth-order valence-electron chi connectivity index (χ4n) is 4.10. The number of piperidine rings is 1. The van der Waals surface area contributed by atoms with Gasteiger partial charge in [0.05, 0.1) is 11.5 Å². The molecule has 0 aromatic carbocycles. The normalized spacial score (nSPS) is 40.8. The Morgan fingerprint density at radius 2 is 1.89 bits per heavy atom. The molecule has 0 saturated carbocycles. The molecule has 3 aliphatic rings. The highest BCUT2D eigenvalue weighted by Crippen LogP contribution is 2.32. The Balaban J connectivity index is 1.74. The first-order valence-electron chi connectivity index (χ1n) is 7.68. The van der Waals surface area contributed by atoms with E-state index in [0.717, 1.165) is 19.5 Å². The van der Waals surface area contributed by atoms with Crippen molar-refractivity contribution in [3.05, 3.63) is 0 Å². The highest BCUT2D eigenvalue weighted by Gasteiger charge is 2.44. The minimum Gasteiger partial charge on any atom is -0.299 e. The molecule has 3 heterocycles. The monoisotopic (exact) mass is 286 g/mol. The molecule has 0 spiro atoms. The van der Waals surface area contributed by atoms with Gasteiger partial charge in [-0.15, -0.1) is 0 Å². The summed E-state index contributed by atoms with van der Waals surface area (Å²) in [4.78, 5) is 5.13. The van der Waals surface area contributed by atoms with E-state index in [1.54, 1.807) is 0 Å². The van der Waals surface area contributed by atoms with Gasteiger partial charge < -0.3 is 0 Å². The Morgan fingerprint density at radius 3 is 2.63 bits per heavy atom. The smallest absolute Gasteiger partial charge is 0.152 e. The molecule has 19 heavy (non-hydrogen) atoms. The summed E-state index contributed by atoms with van der Waals surface area (Å²) in [6.07, 6.45) is 5.97. The van der Waals surface area contributed by atoms with Crippen LogP contribution in [0.15, 0.2) is 0 Å². The summed E-state index contributed by atoms with van der Waals surface area (Å²) in [6.45, 7) is 6.75. The van der Waals surface area contributed by atoms with E-state index in [4.69, 9.17) is 0 Å². The predicted molar refractivity (Wildman–Crippen MR) is 77.1 cm³/mol. The van der Waals surface area contributed by atoms with Crippen LogP contribution in [0, 0.1) is 0 Å². The third kappa shape index (κ3) is 2.83. The summed E-state index contributed by atoms with van der Waals surface area (Å²) in [5.74, 6) is 0.751. The summed E-state index contributed by atoms with van der Waals surface area (Å²) in [5.41, 5.74) is -0.105. The summed E-state index contributed by atoms with van der Waals surface area (Å²) < 4.78 is 23.6. The summed E-state index contributed by atoms with van der Waals surface area (Å²) in [6, 6.07) is 0.663. The third-order valence-electron chi connectivity index (χ3n) is 5.30. The van der Waals surface area contributed by atoms with Crippen molar-refractivity contribution >= 4 is 9.84 Å². The van der Waals surface area contributed by atoms with E-state index in [1.165, 1.54) is 38.8 Å². The maximum atomic E-state index is 11.8. The number of nitrogens with zero attached hydrogens (tertiary/aromatic N) is 2. The van der Waals surface area contributed by atoms with Crippen molar-refractivity contribution in [3.8, 4) is 0 Å². The second-order valence-electron chi connectivity index (χ2n) is 6.82. The lowest BCUT2D eigenvalue weighted by Crippen LogP contribution is -2.52. The van der Waals surface area contributed by atoms with Crippen molar-refractivity contribution in [2.75, 3.05) is 37.7 Å². The number of fused-ring (bicyclic) bond motifs is 1. The van der Waals surface area contributed by atoms with E-state index in [9.17, 15) is 8.42 Å². The molecule has 3 saturated heterocycles. The van der Waals surface area contributed by atoms with Crippen LogP contribution in [-0.2, 0) is 9.84 Å². The molecule has 0 aliphatic carbocycles. The maximum Gasteiger partial charge on any atom is 0.152 e. The predicted octanol–water partition coefficient (Wildman–Crippen LogP) is 1.12. The van der Waals surface area contributed by atoms with Crippen LogP contribution in [0.3, 0.4) is 0 Å². The zero-order valence-corrected chi connectivity index (χ0v) is 12.8. The molecular formula is C14H26N2O2S. The van der Waals surface area contributed by atoms with Crippen molar-refractivity contribution in [2.24, 2.45) is 0 Å². The zero-order chi connectivity index (χ0) is 13.5. The Morgan fingerprint density at radius 1 is 1.11 bits per heavy atom. The fourth-order valence-corrected chi connectivity index (χ4v) is 6.27. The highest BCUT2D eigenvalue weighted by molar-refractivity contribution is 7.91. The average Bonchev–Trinajstić information content (AvgIpc) is 2.56. The van der Waals surface area contributed by atoms with Crippen LogP contribution in [0.5, 0.6) is 0 Å². The van der Waals surface area contributed by atoms with Crippen molar-refractivity contribution in [2.45, 2.75) is 50.6 Å². The summed E-state index contributed by atoms with van der Waals surface area (Å²) in [5, 5.41) is 0. The van der Waals surface area contributed by atoms with Gasteiger partial charge in [-0.05, 0) is 52.2 Å². The Bertz CT molecular complexity index is 437. The molecule has 0 amide bonds. The molecule has 110 valence electrons. The van der Waals surface area contributed by atoms with E-state index in [0.29, 0.717) is 17.5 Å². The molecule has 5 heteroatoms. The van der Waals surface area contributed by atoms with E-state index < -0.39 is 9.84 Å². The van der Waals surface area contributed by atoms with Crippen LogP contribution in [-0.4, -0.2) is 67.5 Å². The fraction of sp³-hybridized carbons (Fsp3) is 1.00. The van der Waals surface area contributed by atoms with Gasteiger partial charge in [0.15, 0.2) is 9.84 Å². The Labute approximate surface area is 117 Å². The molecule has 0 bridgehead atoms. The average molecular weight is 286 g/mol. The molecule has 3 rings (SSSR count). The van der Waals surface area contributed by atoms with Crippen molar-refractivity contribution in [1.29, 1.82) is 0 Å². The molecule has 0 radical (unpaired) electrons. The van der Waals surface area contributed by atoms with Crippen molar-refractivity contribution < 1.29 is 8.42 Å². The van der Waals surface area contributed by atoms with Gasteiger partial charge in [0, 0.05) is 18.1 Å². The van der Waals surface area contributed by atoms with Gasteiger partial charge in [-0.3, -0.25) is 9.80 Å². The molecule has 0 aromatic heterocycles. The Hall–Kier alpha value is -0.130. The SMILES string of the molecule is CC1(N2CCCN3CCCCC3C2)CCS(=O)(=O)C1. The van der Waals surface area contributed by atoms with E-state index in [2.05, 4.69) is 16.7 Å². The van der Waals surface area contributed by atoms with E-state index in [1.807, 2.05) is 0 Å². The third-order valence-corrected chi connectivity index (χ3v) is 7.19. The second-order valence-corrected chi connectivity index (χ2v) is 9.01. The minimum absolute atomic E-state index is 0.105. The van der Waals surface area contributed by atoms with Crippen LogP contribution in [0.4, 0.5) is 0 Å². The second kappa shape index (κ2) is 5.01. The number of sulfone groups is 1. The van der Waals surface area contributed by atoms with Crippen molar-refractivity contribution in [1.82, 2.24) is 9.80 Å². The standard InChI is InChI=1S/C14H26N2O2S/c1-14(6-10-19(17,18)12-14)16-9-4-8-15-7-3-2-5-13(15)11-16/h13H,2-12H2,1H3. The highest BCUT2D eigenvalue weighted by atomic mass is 32.2. The molecule has 0 aromatic rings. The molecule has 3 fully saturated rings. The quantitative estimate of drug-likeness (QED) is 0.724. The Kier molecular flexibility index (Phi) is 3.65. The van der Waals surface area contributed by atoms with Crippen LogP contribution < -0.4 is 0 Å².